The molecule has 0 spiro atoms. The van der Waals surface area contributed by atoms with Gasteiger partial charge in [0.2, 0.25) is 11.9 Å². The standard InChI is InChI=1S/C63H39N7/c1-9-27-51-43(18-1)44-19-2-10-28-52(44)67(51)41-38-36-40(37-39-41)42-26-17-35-59(68-53-29-11-3-20-45(53)46-21-4-12-30-54(46)68)60(42)61-64-62(69-55-31-13-5-22-47(55)48-23-6-14-32-56(48)69)66-63(65-61)70-57-33-15-7-24-49(57)50-25-8-16-34-58(50)70/h1-39H/i5D,6D,7D,8D,13D,14D,15D,16D,22D,23D,24D,25D,31D,32D,33D,34D. The van der Waals surface area contributed by atoms with E-state index in [4.69, 9.17) is 25.9 Å². The molecule has 0 aliphatic rings. The zero-order chi connectivity index (χ0) is 59.8. The predicted molar refractivity (Wildman–Crippen MR) is 288 cm³/mol. The van der Waals surface area contributed by atoms with Crippen LogP contribution in [0.15, 0.2) is 236 Å². The Kier molecular flexibility index (Phi) is 5.57. The molecule has 5 heterocycles. The highest BCUT2D eigenvalue weighted by Gasteiger charge is 2.25. The van der Waals surface area contributed by atoms with Crippen LogP contribution in [0.2, 0.25) is 0 Å². The normalized spacial score (nSPS) is 15.2. The summed E-state index contributed by atoms with van der Waals surface area (Å²) in [4.78, 5) is 15.5. The van der Waals surface area contributed by atoms with Crippen molar-refractivity contribution in [1.82, 2.24) is 33.2 Å². The van der Waals surface area contributed by atoms with Crippen molar-refractivity contribution in [3.63, 3.8) is 0 Å². The third-order valence-electron chi connectivity index (χ3n) is 13.2. The summed E-state index contributed by atoms with van der Waals surface area (Å²) in [7, 11) is 0. The maximum absolute atomic E-state index is 9.52. The van der Waals surface area contributed by atoms with Crippen molar-refractivity contribution in [1.29, 1.82) is 0 Å². The van der Waals surface area contributed by atoms with Crippen LogP contribution in [0.1, 0.15) is 21.9 Å². The minimum atomic E-state index is -0.714. The van der Waals surface area contributed by atoms with Crippen LogP contribution in [0.5, 0.6) is 0 Å². The molecule has 0 fully saturated rings. The Bertz CT molecular complexity index is 5130. The highest BCUT2D eigenvalue weighted by atomic mass is 15.3. The molecule has 15 aromatic rings. The number of nitrogens with zero attached hydrogens (tertiary/aromatic N) is 7. The molecule has 0 unspecified atom stereocenters. The van der Waals surface area contributed by atoms with Gasteiger partial charge in [-0.2, -0.15) is 15.0 Å². The van der Waals surface area contributed by atoms with E-state index in [0.717, 1.165) is 58.4 Å². The molecule has 0 radical (unpaired) electrons. The van der Waals surface area contributed by atoms with E-state index in [0.29, 0.717) is 22.4 Å². The Morgan fingerprint density at radius 1 is 0.300 bits per heavy atom. The molecule has 10 aromatic carbocycles. The maximum Gasteiger partial charge on any atom is 0.240 e. The lowest BCUT2D eigenvalue weighted by Gasteiger charge is -2.19. The summed E-state index contributed by atoms with van der Waals surface area (Å²) in [5.74, 6) is -1.18. The van der Waals surface area contributed by atoms with Crippen LogP contribution in [0.3, 0.4) is 0 Å². The second-order valence-corrected chi connectivity index (χ2v) is 16.8. The molecule has 0 aliphatic heterocycles. The molecule has 5 aromatic heterocycles. The van der Waals surface area contributed by atoms with Crippen molar-refractivity contribution in [2.24, 2.45) is 0 Å². The molecule has 0 amide bonds. The van der Waals surface area contributed by atoms with Crippen LogP contribution in [0.25, 0.3) is 133 Å². The smallest absolute Gasteiger partial charge is 0.240 e. The monoisotopic (exact) mass is 909 g/mol. The first-order chi connectivity index (χ1) is 41.4. The molecule has 0 atom stereocenters. The predicted octanol–water partition coefficient (Wildman–Crippen LogP) is 15.6. The molecule has 0 saturated heterocycles. The van der Waals surface area contributed by atoms with Gasteiger partial charge in [-0.25, -0.2) is 0 Å². The SMILES string of the molecule is [2H]c1c([2H])c([2H])c2c(c1[2H])c1c([2H])c([2H])c([2H])c([2H])c1n2-c1nc(-c2c(-c3ccc(-n4c5ccccc5c5ccccc54)cc3)cccc2-n2c3ccccc3c3ccccc32)nc(-n2c3c([2H])c([2H])c([2H])c([2H])c3c3c([2H])c([2H])c([2H])c([2H])c32)n1. The summed E-state index contributed by atoms with van der Waals surface area (Å²) in [6.07, 6.45) is 0. The third-order valence-corrected chi connectivity index (χ3v) is 13.2. The van der Waals surface area contributed by atoms with Gasteiger partial charge in [0.25, 0.3) is 0 Å². The van der Waals surface area contributed by atoms with E-state index in [1.807, 2.05) is 120 Å². The lowest BCUT2D eigenvalue weighted by molar-refractivity contribution is 0.892. The first-order valence-electron chi connectivity index (χ1n) is 30.4. The van der Waals surface area contributed by atoms with Gasteiger partial charge in [0.05, 0.1) is 77.3 Å². The maximum atomic E-state index is 9.52. The van der Waals surface area contributed by atoms with Crippen molar-refractivity contribution < 1.29 is 21.9 Å². The molecular formula is C63H39N7. The fourth-order valence-corrected chi connectivity index (χ4v) is 10.3. The largest absolute Gasteiger partial charge is 0.309 e. The molecule has 7 nitrogen and oxygen atoms in total. The van der Waals surface area contributed by atoms with Crippen LogP contribution in [-0.2, 0) is 0 Å². The zero-order valence-corrected chi connectivity index (χ0v) is 36.4. The van der Waals surface area contributed by atoms with Crippen molar-refractivity contribution in [3.05, 3.63) is 236 Å². The van der Waals surface area contributed by atoms with Crippen LogP contribution in [0, 0.1) is 0 Å². The van der Waals surface area contributed by atoms with Gasteiger partial charge in [0.15, 0.2) is 5.82 Å². The Balaban J connectivity index is 1.14. The molecule has 0 bridgehead atoms. The Morgan fingerprint density at radius 3 is 1.11 bits per heavy atom. The number of hydrogen-bond donors (Lipinski definition) is 0. The number of rotatable bonds is 6. The van der Waals surface area contributed by atoms with Gasteiger partial charge in [-0.1, -0.05) is 170 Å². The minimum Gasteiger partial charge on any atom is -0.309 e. The molecule has 15 rings (SSSR count). The fraction of sp³-hybridized carbons (Fsp3) is 0. The molecule has 70 heavy (non-hydrogen) atoms. The van der Waals surface area contributed by atoms with Crippen LogP contribution in [-0.4, -0.2) is 33.2 Å². The van der Waals surface area contributed by atoms with Gasteiger partial charge in [0.1, 0.15) is 0 Å². The lowest BCUT2D eigenvalue weighted by Crippen LogP contribution is -2.11. The third kappa shape index (κ3) is 5.54. The average molecular weight is 910 g/mol. The van der Waals surface area contributed by atoms with E-state index in [1.165, 1.54) is 0 Å². The zero-order valence-electron chi connectivity index (χ0n) is 52.4. The first-order valence-corrected chi connectivity index (χ1v) is 22.4. The van der Waals surface area contributed by atoms with E-state index in [9.17, 15) is 11.0 Å². The van der Waals surface area contributed by atoms with E-state index in [1.54, 1.807) is 0 Å². The Morgan fingerprint density at radius 2 is 0.686 bits per heavy atom. The molecule has 0 N–H and O–H groups in total. The van der Waals surface area contributed by atoms with Gasteiger partial charge in [0, 0.05) is 48.8 Å². The van der Waals surface area contributed by atoms with Crippen LogP contribution >= 0.6 is 0 Å². The van der Waals surface area contributed by atoms with Gasteiger partial charge in [-0.15, -0.1) is 0 Å². The van der Waals surface area contributed by atoms with Gasteiger partial charge in [-0.3, -0.25) is 9.13 Å². The Labute approximate surface area is 423 Å². The topological polar surface area (TPSA) is 58.4 Å². The van der Waals surface area contributed by atoms with E-state index in [2.05, 4.69) is 28.8 Å². The van der Waals surface area contributed by atoms with Gasteiger partial charge >= 0.3 is 0 Å². The highest BCUT2D eigenvalue weighted by Crippen LogP contribution is 2.42. The quantitative estimate of drug-likeness (QED) is 0.167. The summed E-state index contributed by atoms with van der Waals surface area (Å²) in [5.41, 5.74) is 4.96. The van der Waals surface area contributed by atoms with Gasteiger partial charge in [-0.05, 0) is 77.8 Å². The second kappa shape index (κ2) is 15.0. The summed E-state index contributed by atoms with van der Waals surface area (Å²) in [6, 6.07) is 34.7. The summed E-state index contributed by atoms with van der Waals surface area (Å²) in [5, 5.41) is 2.81. The molecule has 0 saturated carbocycles. The molecule has 0 aliphatic carbocycles. The summed E-state index contributed by atoms with van der Waals surface area (Å²) < 4.78 is 153. The molecule has 326 valence electrons. The van der Waals surface area contributed by atoms with Gasteiger partial charge < -0.3 is 9.13 Å². The number of fused-ring (bicyclic) bond motifs is 12. The first kappa shape index (κ1) is 26.1. The van der Waals surface area contributed by atoms with Crippen LogP contribution < -0.4 is 0 Å². The van der Waals surface area contributed by atoms with E-state index >= 15 is 0 Å². The van der Waals surface area contributed by atoms with Crippen molar-refractivity contribution in [2.45, 2.75) is 0 Å². The number of para-hydroxylation sites is 8. The molecule has 7 heteroatoms. The van der Waals surface area contributed by atoms with E-state index in [-0.39, 0.29) is 49.4 Å². The molecular weight excluding hydrogens is 855 g/mol. The fourth-order valence-electron chi connectivity index (χ4n) is 10.3. The van der Waals surface area contributed by atoms with E-state index < -0.39 is 109 Å². The average Bonchev–Trinajstić information content (AvgIpc) is 1.61. The number of hydrogen-bond acceptors (Lipinski definition) is 3. The number of benzene rings is 10. The second-order valence-electron chi connectivity index (χ2n) is 16.8. The summed E-state index contributed by atoms with van der Waals surface area (Å²) >= 11 is 0. The number of aromatic nitrogens is 7. The van der Waals surface area contributed by atoms with Crippen molar-refractivity contribution in [2.75, 3.05) is 0 Å². The lowest BCUT2D eigenvalue weighted by atomic mass is 9.96. The highest BCUT2D eigenvalue weighted by molar-refractivity contribution is 6.12. The minimum absolute atomic E-state index is 0.183. The van der Waals surface area contributed by atoms with Crippen molar-refractivity contribution in [3.8, 4) is 45.8 Å². The Hall–Kier alpha value is -9.59. The van der Waals surface area contributed by atoms with Crippen molar-refractivity contribution >= 4 is 87.2 Å². The summed E-state index contributed by atoms with van der Waals surface area (Å²) in [6.45, 7) is 0. The van der Waals surface area contributed by atoms with Crippen LogP contribution in [0.4, 0.5) is 0 Å².